The van der Waals surface area contributed by atoms with Crippen molar-refractivity contribution in [2.45, 2.75) is 33.1 Å². The first kappa shape index (κ1) is 23.7. The van der Waals surface area contributed by atoms with E-state index < -0.39 is 29.3 Å². The summed E-state index contributed by atoms with van der Waals surface area (Å²) < 4.78 is 32.1. The molecular formula is C25H24FNO6. The Hall–Kier alpha value is -3.94. The van der Waals surface area contributed by atoms with Crippen LogP contribution in [0.1, 0.15) is 36.8 Å². The molecule has 0 N–H and O–H groups in total. The molecule has 1 unspecified atom stereocenters. The second-order valence-corrected chi connectivity index (χ2v) is 7.25. The number of halogens is 1. The van der Waals surface area contributed by atoms with Gasteiger partial charge in [0, 0.05) is 31.7 Å². The van der Waals surface area contributed by atoms with Crippen LogP contribution in [0.3, 0.4) is 0 Å². The summed E-state index contributed by atoms with van der Waals surface area (Å²) in [5, 5.41) is 0. The fraction of sp³-hybridized carbons (Fsp3) is 0.240. The number of carbonyl (C=O) groups excluding carboxylic acids is 2. The zero-order valence-corrected chi connectivity index (χ0v) is 18.3. The SMILES string of the molecule is CC(=O)OCCn1ccc(=O)c(OCc2ccccc2)c1C(OC(C)=O)c1cccc(F)c1. The van der Waals surface area contributed by atoms with E-state index in [1.54, 1.807) is 10.6 Å². The lowest BCUT2D eigenvalue weighted by Crippen LogP contribution is -2.24. The van der Waals surface area contributed by atoms with Crippen LogP contribution in [0.2, 0.25) is 0 Å². The summed E-state index contributed by atoms with van der Waals surface area (Å²) in [7, 11) is 0. The lowest BCUT2D eigenvalue weighted by molar-refractivity contribution is -0.145. The van der Waals surface area contributed by atoms with Gasteiger partial charge < -0.3 is 18.8 Å². The van der Waals surface area contributed by atoms with E-state index in [4.69, 9.17) is 14.2 Å². The molecule has 0 aliphatic carbocycles. The molecule has 0 saturated carbocycles. The molecule has 0 radical (unpaired) electrons. The van der Waals surface area contributed by atoms with Gasteiger partial charge >= 0.3 is 11.9 Å². The fourth-order valence-electron chi connectivity index (χ4n) is 3.31. The number of nitrogens with zero attached hydrogens (tertiary/aromatic N) is 1. The van der Waals surface area contributed by atoms with Gasteiger partial charge in [-0.15, -0.1) is 0 Å². The predicted octanol–water partition coefficient (Wildman–Crippen LogP) is 3.78. The van der Waals surface area contributed by atoms with E-state index in [9.17, 15) is 18.8 Å². The van der Waals surface area contributed by atoms with Crippen LogP contribution in [-0.2, 0) is 32.2 Å². The summed E-state index contributed by atoms with van der Waals surface area (Å²) in [6.07, 6.45) is 0.363. The molecule has 3 rings (SSSR count). The summed E-state index contributed by atoms with van der Waals surface area (Å²) in [5.41, 5.74) is 0.930. The highest BCUT2D eigenvalue weighted by Crippen LogP contribution is 2.32. The van der Waals surface area contributed by atoms with Gasteiger partial charge in [0.2, 0.25) is 5.43 Å². The third-order valence-electron chi connectivity index (χ3n) is 4.72. The number of aromatic nitrogens is 1. The first-order valence-electron chi connectivity index (χ1n) is 10.3. The van der Waals surface area contributed by atoms with Crippen LogP contribution >= 0.6 is 0 Å². The molecule has 0 aliphatic heterocycles. The summed E-state index contributed by atoms with van der Waals surface area (Å²) in [6.45, 7) is 2.77. The topological polar surface area (TPSA) is 83.8 Å². The van der Waals surface area contributed by atoms with Crippen molar-refractivity contribution in [3.05, 3.63) is 99.7 Å². The molecule has 33 heavy (non-hydrogen) atoms. The standard InChI is InChI=1S/C25H24FNO6/c1-17(28)31-14-13-27-12-11-22(30)25(32-16-19-7-4-3-5-8-19)23(27)24(33-18(2)29)20-9-6-10-21(26)15-20/h3-12,15,24H,13-14,16H2,1-2H3. The second-order valence-electron chi connectivity index (χ2n) is 7.25. The molecule has 172 valence electrons. The van der Waals surface area contributed by atoms with Crippen LogP contribution in [0.5, 0.6) is 5.75 Å². The Bertz CT molecular complexity index is 1180. The third-order valence-corrected chi connectivity index (χ3v) is 4.72. The number of rotatable bonds is 9. The number of carbonyl (C=O) groups is 2. The van der Waals surface area contributed by atoms with Gasteiger partial charge in [-0.2, -0.15) is 0 Å². The molecule has 0 fully saturated rings. The van der Waals surface area contributed by atoms with Crippen LogP contribution in [0.15, 0.2) is 71.7 Å². The van der Waals surface area contributed by atoms with E-state index in [0.29, 0.717) is 5.56 Å². The van der Waals surface area contributed by atoms with Gasteiger partial charge in [-0.25, -0.2) is 4.39 Å². The summed E-state index contributed by atoms with van der Waals surface area (Å²) >= 11 is 0. The Morgan fingerprint density at radius 1 is 1.00 bits per heavy atom. The van der Waals surface area contributed by atoms with E-state index in [-0.39, 0.29) is 31.2 Å². The van der Waals surface area contributed by atoms with Crippen molar-refractivity contribution in [2.24, 2.45) is 0 Å². The van der Waals surface area contributed by atoms with Gasteiger partial charge in [-0.1, -0.05) is 42.5 Å². The first-order chi connectivity index (χ1) is 15.8. The van der Waals surface area contributed by atoms with Crippen molar-refractivity contribution in [3.8, 4) is 5.75 Å². The molecule has 2 aromatic carbocycles. The van der Waals surface area contributed by atoms with E-state index >= 15 is 0 Å². The van der Waals surface area contributed by atoms with Crippen molar-refractivity contribution >= 4 is 11.9 Å². The van der Waals surface area contributed by atoms with Gasteiger partial charge in [0.05, 0.1) is 6.54 Å². The summed E-state index contributed by atoms with van der Waals surface area (Å²) in [4.78, 5) is 36.0. The maximum atomic E-state index is 14.0. The number of hydrogen-bond acceptors (Lipinski definition) is 6. The third kappa shape index (κ3) is 6.52. The average molecular weight is 453 g/mol. The van der Waals surface area contributed by atoms with Crippen molar-refractivity contribution in [1.29, 1.82) is 0 Å². The van der Waals surface area contributed by atoms with Gasteiger partial charge in [-0.3, -0.25) is 14.4 Å². The van der Waals surface area contributed by atoms with Gasteiger partial charge in [-0.05, 0) is 17.7 Å². The zero-order valence-electron chi connectivity index (χ0n) is 18.3. The Morgan fingerprint density at radius 3 is 2.42 bits per heavy atom. The van der Waals surface area contributed by atoms with Gasteiger partial charge in [0.15, 0.2) is 11.9 Å². The molecule has 0 saturated heterocycles. The predicted molar refractivity (Wildman–Crippen MR) is 118 cm³/mol. The number of benzene rings is 2. The second kappa shape index (κ2) is 11.1. The zero-order chi connectivity index (χ0) is 23.8. The normalized spacial score (nSPS) is 11.5. The van der Waals surface area contributed by atoms with E-state index in [2.05, 4.69) is 0 Å². The van der Waals surface area contributed by atoms with Crippen molar-refractivity contribution < 1.29 is 28.2 Å². The maximum Gasteiger partial charge on any atom is 0.303 e. The Labute approximate surface area is 190 Å². The van der Waals surface area contributed by atoms with Crippen LogP contribution in [0.25, 0.3) is 0 Å². The minimum atomic E-state index is -1.13. The average Bonchev–Trinajstić information content (AvgIpc) is 2.78. The molecular weight excluding hydrogens is 429 g/mol. The quantitative estimate of drug-likeness (QED) is 0.459. The number of pyridine rings is 1. The molecule has 0 aliphatic rings. The summed E-state index contributed by atoms with van der Waals surface area (Å²) in [5.74, 6) is -1.65. The van der Waals surface area contributed by atoms with Crippen LogP contribution in [-0.4, -0.2) is 23.1 Å². The fourth-order valence-corrected chi connectivity index (χ4v) is 3.31. The van der Waals surface area contributed by atoms with Crippen molar-refractivity contribution in [2.75, 3.05) is 6.61 Å². The van der Waals surface area contributed by atoms with Crippen LogP contribution < -0.4 is 10.2 Å². The molecule has 0 bridgehead atoms. The molecule has 1 heterocycles. The molecule has 3 aromatic rings. The lowest BCUT2D eigenvalue weighted by Gasteiger charge is -2.25. The Kier molecular flexibility index (Phi) is 7.96. The minimum Gasteiger partial charge on any atom is -0.483 e. The van der Waals surface area contributed by atoms with Crippen molar-refractivity contribution in [3.63, 3.8) is 0 Å². The highest BCUT2D eigenvalue weighted by molar-refractivity contribution is 5.67. The van der Waals surface area contributed by atoms with Crippen molar-refractivity contribution in [1.82, 2.24) is 4.57 Å². The monoisotopic (exact) mass is 453 g/mol. The largest absolute Gasteiger partial charge is 0.483 e. The maximum absolute atomic E-state index is 14.0. The molecule has 1 aromatic heterocycles. The van der Waals surface area contributed by atoms with E-state index in [1.807, 2.05) is 30.3 Å². The molecule has 7 nitrogen and oxygen atoms in total. The van der Waals surface area contributed by atoms with Crippen LogP contribution in [0.4, 0.5) is 4.39 Å². The van der Waals surface area contributed by atoms with Crippen LogP contribution in [0, 0.1) is 5.82 Å². The Balaban J connectivity index is 2.11. The lowest BCUT2D eigenvalue weighted by atomic mass is 10.0. The molecule has 8 heteroatoms. The number of esters is 2. The molecule has 0 spiro atoms. The number of ether oxygens (including phenoxy) is 3. The first-order valence-corrected chi connectivity index (χ1v) is 10.3. The highest BCUT2D eigenvalue weighted by Gasteiger charge is 2.27. The van der Waals surface area contributed by atoms with E-state index in [0.717, 1.165) is 5.56 Å². The Morgan fingerprint density at radius 2 is 1.76 bits per heavy atom. The van der Waals surface area contributed by atoms with Gasteiger partial charge in [0.25, 0.3) is 0 Å². The summed E-state index contributed by atoms with van der Waals surface area (Å²) in [6, 6.07) is 16.1. The van der Waals surface area contributed by atoms with Gasteiger partial charge in [0.1, 0.15) is 24.7 Å². The molecule has 1 atom stereocenters. The van der Waals surface area contributed by atoms with E-state index in [1.165, 1.54) is 44.3 Å². The molecule has 0 amide bonds. The minimum absolute atomic E-state index is 0.0132. The smallest absolute Gasteiger partial charge is 0.303 e. The number of hydrogen-bond donors (Lipinski definition) is 0. The highest BCUT2D eigenvalue weighted by atomic mass is 19.1.